The van der Waals surface area contributed by atoms with E-state index >= 15 is 0 Å². The van der Waals surface area contributed by atoms with Crippen molar-refractivity contribution in [2.24, 2.45) is 0 Å². The van der Waals surface area contributed by atoms with E-state index in [4.69, 9.17) is 4.74 Å². The number of rotatable bonds is 3. The molecule has 0 aromatic carbocycles. The highest BCUT2D eigenvalue weighted by molar-refractivity contribution is 5.20. The van der Waals surface area contributed by atoms with Crippen LogP contribution in [0.2, 0.25) is 0 Å². The van der Waals surface area contributed by atoms with Crippen LogP contribution >= 0.6 is 0 Å². The largest absolute Gasteiger partial charge is 0.481 e. The molecule has 0 aliphatic carbocycles. The van der Waals surface area contributed by atoms with Gasteiger partial charge in [-0.25, -0.2) is 4.98 Å². The molecule has 1 aliphatic heterocycles. The topological polar surface area (TPSA) is 54.4 Å². The summed E-state index contributed by atoms with van der Waals surface area (Å²) in [4.78, 5) is 4.13. The molecule has 0 bridgehead atoms. The van der Waals surface area contributed by atoms with Gasteiger partial charge in [0.25, 0.3) is 0 Å². The summed E-state index contributed by atoms with van der Waals surface area (Å²) in [6, 6.07) is 3.81. The van der Waals surface area contributed by atoms with Crippen molar-refractivity contribution in [2.75, 3.05) is 13.7 Å². The first kappa shape index (κ1) is 12.3. The quantitative estimate of drug-likeness (QED) is 0.838. The van der Waals surface area contributed by atoms with Crippen molar-refractivity contribution in [3.63, 3.8) is 0 Å². The Kier molecular flexibility index (Phi) is 4.34. The first-order chi connectivity index (χ1) is 8.31. The Bertz CT molecular complexity index is 332. The van der Waals surface area contributed by atoms with Gasteiger partial charge in [0.05, 0.1) is 13.2 Å². The predicted octanol–water partition coefficient (Wildman–Crippen LogP) is 1.66. The second-order valence-corrected chi connectivity index (χ2v) is 4.49. The second-order valence-electron chi connectivity index (χ2n) is 4.49. The average molecular weight is 236 g/mol. The van der Waals surface area contributed by atoms with Gasteiger partial charge >= 0.3 is 0 Å². The lowest BCUT2D eigenvalue weighted by Crippen LogP contribution is -2.34. The molecule has 0 amide bonds. The number of ether oxygens (including phenoxy) is 1. The lowest BCUT2D eigenvalue weighted by Gasteiger charge is -2.22. The molecule has 0 saturated carbocycles. The van der Waals surface area contributed by atoms with E-state index in [-0.39, 0.29) is 6.04 Å². The minimum atomic E-state index is -0.480. The molecule has 17 heavy (non-hydrogen) atoms. The molecule has 2 atom stereocenters. The highest BCUT2D eigenvalue weighted by Gasteiger charge is 2.21. The van der Waals surface area contributed by atoms with Crippen molar-refractivity contribution in [2.45, 2.75) is 37.8 Å². The fourth-order valence-corrected chi connectivity index (χ4v) is 2.24. The average Bonchev–Trinajstić information content (AvgIpc) is 2.67. The van der Waals surface area contributed by atoms with Crippen LogP contribution in [0.15, 0.2) is 18.3 Å². The molecular weight excluding hydrogens is 216 g/mol. The van der Waals surface area contributed by atoms with Crippen molar-refractivity contribution in [3.8, 4) is 5.88 Å². The highest BCUT2D eigenvalue weighted by Crippen LogP contribution is 2.23. The van der Waals surface area contributed by atoms with Crippen LogP contribution in [0.5, 0.6) is 5.88 Å². The summed E-state index contributed by atoms with van der Waals surface area (Å²) in [5, 5.41) is 13.7. The summed E-state index contributed by atoms with van der Waals surface area (Å²) in [7, 11) is 1.59. The molecule has 1 aromatic heterocycles. The third kappa shape index (κ3) is 3.17. The molecule has 2 heterocycles. The lowest BCUT2D eigenvalue weighted by molar-refractivity contribution is 0.126. The van der Waals surface area contributed by atoms with E-state index < -0.39 is 6.10 Å². The molecule has 2 N–H and O–H groups in total. The Morgan fingerprint density at radius 2 is 2.29 bits per heavy atom. The van der Waals surface area contributed by atoms with Crippen LogP contribution in [0, 0.1) is 0 Å². The van der Waals surface area contributed by atoms with E-state index in [1.807, 2.05) is 6.07 Å². The zero-order valence-electron chi connectivity index (χ0n) is 10.2. The normalized spacial score (nSPS) is 22.8. The zero-order valence-corrected chi connectivity index (χ0v) is 10.2. The number of pyridine rings is 1. The summed E-state index contributed by atoms with van der Waals surface area (Å²) >= 11 is 0. The summed E-state index contributed by atoms with van der Waals surface area (Å²) in [6.07, 6.45) is 5.86. The Morgan fingerprint density at radius 3 is 3.00 bits per heavy atom. The molecular formula is C13H20N2O2. The number of aliphatic hydroxyl groups is 1. The third-order valence-corrected chi connectivity index (χ3v) is 3.29. The summed E-state index contributed by atoms with van der Waals surface area (Å²) in [5.74, 6) is 0.578. The molecule has 1 saturated heterocycles. The summed E-state index contributed by atoms with van der Waals surface area (Å²) in [5.41, 5.74) is 0.852. The fraction of sp³-hybridized carbons (Fsp3) is 0.615. The van der Waals surface area contributed by atoms with Crippen LogP contribution in [0.4, 0.5) is 0 Å². The van der Waals surface area contributed by atoms with Gasteiger partial charge in [-0.05, 0) is 25.5 Å². The number of hydrogen-bond donors (Lipinski definition) is 2. The molecule has 1 fully saturated rings. The highest BCUT2D eigenvalue weighted by atomic mass is 16.5. The van der Waals surface area contributed by atoms with Gasteiger partial charge in [-0.1, -0.05) is 12.8 Å². The Labute approximate surface area is 102 Å². The maximum absolute atomic E-state index is 10.3. The fourth-order valence-electron chi connectivity index (χ4n) is 2.24. The van der Waals surface area contributed by atoms with Gasteiger partial charge in [-0.3, -0.25) is 0 Å². The Hall–Kier alpha value is -1.13. The van der Waals surface area contributed by atoms with E-state index in [1.54, 1.807) is 19.4 Å². The number of nitrogens with one attached hydrogen (secondary N) is 1. The van der Waals surface area contributed by atoms with Crippen LogP contribution in [0.1, 0.15) is 37.4 Å². The number of methoxy groups -OCH3 is 1. The van der Waals surface area contributed by atoms with Crippen molar-refractivity contribution < 1.29 is 9.84 Å². The molecule has 1 aromatic rings. The van der Waals surface area contributed by atoms with E-state index in [9.17, 15) is 5.11 Å². The molecule has 2 rings (SSSR count). The van der Waals surface area contributed by atoms with Gasteiger partial charge in [-0.15, -0.1) is 0 Å². The smallest absolute Gasteiger partial charge is 0.212 e. The molecule has 0 radical (unpaired) electrons. The Balaban J connectivity index is 2.03. The first-order valence-corrected chi connectivity index (χ1v) is 6.22. The van der Waals surface area contributed by atoms with Crippen molar-refractivity contribution in [1.29, 1.82) is 0 Å². The van der Waals surface area contributed by atoms with E-state index in [0.717, 1.165) is 18.5 Å². The van der Waals surface area contributed by atoms with Crippen molar-refractivity contribution in [1.82, 2.24) is 10.3 Å². The second kappa shape index (κ2) is 5.98. The van der Waals surface area contributed by atoms with E-state index in [0.29, 0.717) is 5.88 Å². The van der Waals surface area contributed by atoms with E-state index in [1.165, 1.54) is 19.3 Å². The lowest BCUT2D eigenvalue weighted by atomic mass is 10.00. The number of aromatic nitrogens is 1. The van der Waals surface area contributed by atoms with Crippen LogP contribution in [-0.2, 0) is 0 Å². The standard InChI is InChI=1S/C13H20N2O2/c1-17-12-7-6-10(9-15-12)13(16)11-5-3-2-4-8-14-11/h6-7,9,11,13-14,16H,2-5,8H2,1H3. The maximum atomic E-state index is 10.3. The summed E-state index contributed by atoms with van der Waals surface area (Å²) in [6.45, 7) is 0.991. The molecule has 1 aliphatic rings. The number of nitrogens with zero attached hydrogens (tertiary/aromatic N) is 1. The molecule has 2 unspecified atom stereocenters. The molecule has 0 spiro atoms. The Morgan fingerprint density at radius 1 is 1.41 bits per heavy atom. The van der Waals surface area contributed by atoms with Crippen molar-refractivity contribution in [3.05, 3.63) is 23.9 Å². The first-order valence-electron chi connectivity index (χ1n) is 6.22. The minimum absolute atomic E-state index is 0.146. The van der Waals surface area contributed by atoms with Crippen LogP contribution in [0.3, 0.4) is 0 Å². The van der Waals surface area contributed by atoms with Gasteiger partial charge in [0.1, 0.15) is 0 Å². The van der Waals surface area contributed by atoms with Crippen LogP contribution in [0.25, 0.3) is 0 Å². The van der Waals surface area contributed by atoms with Gasteiger partial charge < -0.3 is 15.2 Å². The molecule has 94 valence electrons. The van der Waals surface area contributed by atoms with Crippen molar-refractivity contribution >= 4 is 0 Å². The van der Waals surface area contributed by atoms with Gasteiger partial charge in [0.2, 0.25) is 5.88 Å². The number of aliphatic hydroxyl groups excluding tert-OH is 1. The van der Waals surface area contributed by atoms with Crippen LogP contribution in [-0.4, -0.2) is 29.8 Å². The SMILES string of the molecule is COc1ccc(C(O)C2CCCCCN2)cn1. The maximum Gasteiger partial charge on any atom is 0.212 e. The third-order valence-electron chi connectivity index (χ3n) is 3.29. The minimum Gasteiger partial charge on any atom is -0.481 e. The monoisotopic (exact) mass is 236 g/mol. The summed E-state index contributed by atoms with van der Waals surface area (Å²) < 4.78 is 5.01. The number of hydrogen-bond acceptors (Lipinski definition) is 4. The molecule has 4 nitrogen and oxygen atoms in total. The van der Waals surface area contributed by atoms with Gasteiger partial charge in [-0.2, -0.15) is 0 Å². The van der Waals surface area contributed by atoms with Gasteiger partial charge in [0, 0.05) is 23.9 Å². The predicted molar refractivity (Wildman–Crippen MR) is 66.0 cm³/mol. The van der Waals surface area contributed by atoms with Crippen LogP contribution < -0.4 is 10.1 Å². The molecule has 4 heteroatoms. The zero-order chi connectivity index (χ0) is 12.1. The van der Waals surface area contributed by atoms with E-state index in [2.05, 4.69) is 10.3 Å². The van der Waals surface area contributed by atoms with Gasteiger partial charge in [0.15, 0.2) is 0 Å².